The number of aromatic nitrogens is 5. The largest absolute Gasteiger partial charge is 0.493 e. The number of aromatic carboxylic acids is 1. The van der Waals surface area contributed by atoms with Crippen LogP contribution in [0.1, 0.15) is 45.2 Å². The highest BCUT2D eigenvalue weighted by atomic mass is 35.5. The number of hydrogen-bond acceptors (Lipinski definition) is 6. The van der Waals surface area contributed by atoms with E-state index in [1.54, 1.807) is 39.8 Å². The van der Waals surface area contributed by atoms with Gasteiger partial charge in [-0.2, -0.15) is 10.2 Å². The molecule has 0 saturated carbocycles. The van der Waals surface area contributed by atoms with Gasteiger partial charge >= 0.3 is 5.97 Å². The van der Waals surface area contributed by atoms with Crippen molar-refractivity contribution in [2.45, 2.75) is 41.9 Å². The Hall–Kier alpha value is -3.93. The van der Waals surface area contributed by atoms with Crippen LogP contribution in [-0.2, 0) is 44.8 Å². The van der Waals surface area contributed by atoms with Crippen LogP contribution < -0.4 is 4.74 Å². The first-order chi connectivity index (χ1) is 22.6. The van der Waals surface area contributed by atoms with E-state index in [2.05, 4.69) is 24.3 Å². The van der Waals surface area contributed by atoms with Gasteiger partial charge in [-0.1, -0.05) is 35.9 Å². The minimum Gasteiger partial charge on any atom is -0.493 e. The molecule has 1 aliphatic heterocycles. The lowest BCUT2D eigenvalue weighted by atomic mass is 9.98. The lowest BCUT2D eigenvalue weighted by Gasteiger charge is -2.13. The molecule has 0 amide bonds. The zero-order chi connectivity index (χ0) is 33.0. The molecule has 3 aromatic heterocycles. The Bertz CT molecular complexity index is 2210. The molecule has 8 nitrogen and oxygen atoms in total. The van der Waals surface area contributed by atoms with Crippen molar-refractivity contribution in [3.8, 4) is 16.9 Å². The standard InChI is InChI=1S/C35H33ClFN5O3S2/c1-19-30-28(39-41(19)3)18-46-16-21-13-22(42(4)38-21)17-47-23-12-20-8-5-6-9-24(20)29(14-23)45-11-7-10-25-31-27(37)15-26(36)32(30)34(31)40(2)33(25)35(43)44/h5-6,8-9,12-15H,7,10-11,16-18H2,1-4H3,(H,43,44). The molecule has 3 aromatic carbocycles. The van der Waals surface area contributed by atoms with Crippen LogP contribution in [0.5, 0.6) is 5.75 Å². The van der Waals surface area contributed by atoms with Gasteiger partial charge in [0.2, 0.25) is 0 Å². The second-order valence-corrected chi connectivity index (χ2v) is 14.2. The van der Waals surface area contributed by atoms with Gasteiger partial charge in [0.15, 0.2) is 0 Å². The number of thioether (sulfide) groups is 2. The van der Waals surface area contributed by atoms with Gasteiger partial charge in [-0.3, -0.25) is 9.36 Å². The normalized spacial score (nSPS) is 14.3. The van der Waals surface area contributed by atoms with Crippen LogP contribution in [0.3, 0.4) is 0 Å². The number of ether oxygens (including phenoxy) is 1. The summed E-state index contributed by atoms with van der Waals surface area (Å²) < 4.78 is 27.6. The van der Waals surface area contributed by atoms with Crippen LogP contribution in [0.4, 0.5) is 4.39 Å². The SMILES string of the molecule is Cc1c2c(nn1C)CSCc1cc(n(C)n1)CSc1cc(c3ccccc3c1)OCCCc1c(C(=O)O)n(C)c3c-2c(Cl)cc(F)c13. The summed E-state index contributed by atoms with van der Waals surface area (Å²) in [5, 5.41) is 22.5. The Morgan fingerprint density at radius 3 is 2.64 bits per heavy atom. The predicted molar refractivity (Wildman–Crippen MR) is 187 cm³/mol. The molecule has 0 atom stereocenters. The Kier molecular flexibility index (Phi) is 8.48. The quantitative estimate of drug-likeness (QED) is 0.186. The summed E-state index contributed by atoms with van der Waals surface area (Å²) in [6, 6.07) is 15.8. The van der Waals surface area contributed by atoms with E-state index in [0.717, 1.165) is 55.5 Å². The fourth-order valence-corrected chi connectivity index (χ4v) is 8.70. The minimum atomic E-state index is -1.13. The van der Waals surface area contributed by atoms with E-state index in [1.165, 1.54) is 6.07 Å². The third-order valence-electron chi connectivity index (χ3n) is 8.85. The molecule has 47 heavy (non-hydrogen) atoms. The molecule has 8 bridgehead atoms. The van der Waals surface area contributed by atoms with E-state index >= 15 is 4.39 Å². The number of fused-ring (bicyclic) bond motifs is 8. The van der Waals surface area contributed by atoms with Crippen molar-refractivity contribution in [1.29, 1.82) is 0 Å². The summed E-state index contributed by atoms with van der Waals surface area (Å²) >= 11 is 10.3. The molecule has 0 saturated heterocycles. The summed E-state index contributed by atoms with van der Waals surface area (Å²) in [7, 11) is 5.50. The van der Waals surface area contributed by atoms with Crippen LogP contribution in [0.25, 0.3) is 32.8 Å². The number of hydrogen-bond donors (Lipinski definition) is 1. The van der Waals surface area contributed by atoms with Crippen molar-refractivity contribution in [3.05, 3.63) is 93.4 Å². The summed E-state index contributed by atoms with van der Waals surface area (Å²) in [4.78, 5) is 13.8. The highest BCUT2D eigenvalue weighted by molar-refractivity contribution is 7.98. The van der Waals surface area contributed by atoms with Crippen LogP contribution in [-0.4, -0.2) is 41.8 Å². The first kappa shape index (κ1) is 31.7. The summed E-state index contributed by atoms with van der Waals surface area (Å²) in [5.74, 6) is 1.07. The van der Waals surface area contributed by atoms with Crippen LogP contribution in [0.2, 0.25) is 5.02 Å². The molecular formula is C35H33ClFN5O3S2. The van der Waals surface area contributed by atoms with E-state index in [0.29, 0.717) is 47.6 Å². The molecule has 242 valence electrons. The van der Waals surface area contributed by atoms with Crippen molar-refractivity contribution in [2.24, 2.45) is 21.1 Å². The lowest BCUT2D eigenvalue weighted by Crippen LogP contribution is -2.09. The first-order valence-corrected chi connectivity index (χ1v) is 17.8. The molecule has 0 radical (unpaired) electrons. The fraction of sp³-hybridized carbons (Fsp3) is 0.286. The van der Waals surface area contributed by atoms with Crippen LogP contribution in [0, 0.1) is 12.7 Å². The molecular weight excluding hydrogens is 657 g/mol. The lowest BCUT2D eigenvalue weighted by molar-refractivity contribution is 0.0685. The first-order valence-electron chi connectivity index (χ1n) is 15.3. The highest BCUT2D eigenvalue weighted by Gasteiger charge is 2.29. The van der Waals surface area contributed by atoms with E-state index < -0.39 is 11.8 Å². The molecule has 0 fully saturated rings. The number of rotatable bonds is 1. The van der Waals surface area contributed by atoms with Gasteiger partial charge < -0.3 is 14.4 Å². The Morgan fingerprint density at radius 1 is 1.02 bits per heavy atom. The number of carboxylic acid groups (broad SMARTS) is 1. The van der Waals surface area contributed by atoms with Crippen molar-refractivity contribution in [3.63, 3.8) is 0 Å². The molecule has 12 heteroatoms. The van der Waals surface area contributed by atoms with Crippen molar-refractivity contribution in [1.82, 2.24) is 24.1 Å². The second kappa shape index (κ2) is 12.6. The molecule has 1 N–H and O–H groups in total. The zero-order valence-electron chi connectivity index (χ0n) is 26.4. The molecule has 0 aliphatic carbocycles. The third-order valence-corrected chi connectivity index (χ3v) is 11.1. The molecule has 0 unspecified atom stereocenters. The average Bonchev–Trinajstić information content (AvgIpc) is 3.64. The monoisotopic (exact) mass is 689 g/mol. The average molecular weight is 690 g/mol. The van der Waals surface area contributed by atoms with Gasteiger partial charge in [-0.25, -0.2) is 9.18 Å². The second-order valence-electron chi connectivity index (χ2n) is 11.8. The van der Waals surface area contributed by atoms with Gasteiger partial charge in [-0.05, 0) is 55.0 Å². The summed E-state index contributed by atoms with van der Waals surface area (Å²) in [6.07, 6.45) is 0.786. The molecule has 4 heterocycles. The highest BCUT2D eigenvalue weighted by Crippen LogP contribution is 2.44. The third kappa shape index (κ3) is 5.68. The zero-order valence-corrected chi connectivity index (χ0v) is 28.8. The summed E-state index contributed by atoms with van der Waals surface area (Å²) in [5.41, 5.74) is 6.03. The Labute approximate surface area is 284 Å². The molecule has 6 aromatic rings. The summed E-state index contributed by atoms with van der Waals surface area (Å²) in [6.45, 7) is 2.27. The topological polar surface area (TPSA) is 87.1 Å². The van der Waals surface area contributed by atoms with Crippen molar-refractivity contribution < 1.29 is 19.0 Å². The van der Waals surface area contributed by atoms with Gasteiger partial charge in [0.25, 0.3) is 0 Å². The van der Waals surface area contributed by atoms with E-state index in [4.69, 9.17) is 26.5 Å². The minimum absolute atomic E-state index is 0.0387. The van der Waals surface area contributed by atoms with Crippen molar-refractivity contribution >= 4 is 62.8 Å². The number of halogens is 2. The number of nitrogens with zero attached hydrogens (tertiary/aromatic N) is 5. The van der Waals surface area contributed by atoms with Gasteiger partial charge in [-0.15, -0.1) is 23.5 Å². The van der Waals surface area contributed by atoms with Crippen LogP contribution in [0.15, 0.2) is 53.4 Å². The van der Waals surface area contributed by atoms with Crippen molar-refractivity contribution in [2.75, 3.05) is 6.61 Å². The van der Waals surface area contributed by atoms with Gasteiger partial charge in [0, 0.05) is 76.6 Å². The maximum absolute atomic E-state index is 15.9. The Morgan fingerprint density at radius 2 is 1.83 bits per heavy atom. The van der Waals surface area contributed by atoms with E-state index in [-0.39, 0.29) is 16.1 Å². The maximum atomic E-state index is 15.9. The predicted octanol–water partition coefficient (Wildman–Crippen LogP) is 8.32. The van der Waals surface area contributed by atoms with E-state index in [1.807, 2.05) is 43.9 Å². The number of aryl methyl sites for hydroxylation is 4. The smallest absolute Gasteiger partial charge is 0.352 e. The number of carboxylic acids is 1. The maximum Gasteiger partial charge on any atom is 0.352 e. The van der Waals surface area contributed by atoms with E-state index in [9.17, 15) is 9.90 Å². The van der Waals surface area contributed by atoms with Crippen LogP contribution >= 0.6 is 35.1 Å². The molecule has 1 aliphatic rings. The molecule has 0 spiro atoms. The number of carbonyl (C=O) groups is 1. The fourth-order valence-electron chi connectivity index (χ4n) is 6.59. The van der Waals surface area contributed by atoms with Gasteiger partial charge in [0.05, 0.1) is 28.5 Å². The molecule has 7 rings (SSSR count). The Balaban J connectivity index is 1.38. The number of benzene rings is 3. The van der Waals surface area contributed by atoms with Gasteiger partial charge in [0.1, 0.15) is 17.3 Å².